The number of aliphatic hydroxyl groups excluding tert-OH is 2. The zero-order valence-electron chi connectivity index (χ0n) is 9.59. The molecule has 102 valence electrons. The van der Waals surface area contributed by atoms with Gasteiger partial charge in [-0.1, -0.05) is 0 Å². The van der Waals surface area contributed by atoms with Gasteiger partial charge in [-0.25, -0.2) is 0 Å². The van der Waals surface area contributed by atoms with E-state index in [2.05, 4.69) is 9.47 Å². The van der Waals surface area contributed by atoms with E-state index in [1.54, 1.807) is 0 Å². The number of rotatable bonds is 1. The van der Waals surface area contributed by atoms with E-state index in [1.807, 2.05) is 0 Å². The lowest BCUT2D eigenvalue weighted by atomic mass is 10.3. The third-order valence-corrected chi connectivity index (χ3v) is 1.62. The summed E-state index contributed by atoms with van der Waals surface area (Å²) in [6.45, 7) is -0.250. The molecule has 0 aromatic heterocycles. The summed E-state index contributed by atoms with van der Waals surface area (Å²) < 4.78 is 8.57. The van der Waals surface area contributed by atoms with E-state index in [1.165, 1.54) is 0 Å². The van der Waals surface area contributed by atoms with Crippen LogP contribution in [-0.2, 0) is 28.7 Å². The SMILES string of the molecule is O=C1CCC(=O)OC(=O)CCC(=O)O1.OCCO. The van der Waals surface area contributed by atoms with Crippen LogP contribution < -0.4 is 0 Å². The molecule has 0 bridgehead atoms. The number of carbonyl (C=O) groups excluding carboxylic acids is 4. The molecule has 0 atom stereocenters. The lowest BCUT2D eigenvalue weighted by Crippen LogP contribution is -2.20. The van der Waals surface area contributed by atoms with Gasteiger partial charge in [0.15, 0.2) is 0 Å². The Morgan fingerprint density at radius 2 is 0.889 bits per heavy atom. The highest BCUT2D eigenvalue weighted by Gasteiger charge is 2.19. The van der Waals surface area contributed by atoms with E-state index in [-0.39, 0.29) is 38.9 Å². The molecule has 0 amide bonds. The summed E-state index contributed by atoms with van der Waals surface area (Å²) in [4.78, 5) is 43.2. The summed E-state index contributed by atoms with van der Waals surface area (Å²) in [5.74, 6) is -3.11. The fraction of sp³-hybridized carbons (Fsp3) is 0.600. The Morgan fingerprint density at radius 3 is 1.06 bits per heavy atom. The Hall–Kier alpha value is -1.80. The Balaban J connectivity index is 0.000000631. The molecular weight excluding hydrogens is 248 g/mol. The third kappa shape index (κ3) is 8.36. The first-order valence-corrected chi connectivity index (χ1v) is 5.18. The molecular formula is C10H14O8. The molecule has 1 heterocycles. The number of hydrogen-bond donors (Lipinski definition) is 2. The first kappa shape index (κ1) is 16.2. The van der Waals surface area contributed by atoms with Crippen LogP contribution in [0.3, 0.4) is 0 Å². The number of aliphatic hydroxyl groups is 2. The molecule has 0 saturated carbocycles. The molecule has 0 spiro atoms. The van der Waals surface area contributed by atoms with E-state index in [0.29, 0.717) is 0 Å². The number of ether oxygens (including phenoxy) is 2. The number of cyclic esters (lactones) is 4. The molecule has 0 aliphatic carbocycles. The first-order chi connectivity index (χ1) is 8.49. The second kappa shape index (κ2) is 9.25. The average molecular weight is 262 g/mol. The quantitative estimate of drug-likeness (QED) is 0.439. The van der Waals surface area contributed by atoms with Crippen LogP contribution in [0.25, 0.3) is 0 Å². The number of esters is 4. The van der Waals surface area contributed by atoms with E-state index >= 15 is 0 Å². The third-order valence-electron chi connectivity index (χ3n) is 1.62. The predicted molar refractivity (Wildman–Crippen MR) is 54.8 cm³/mol. The minimum atomic E-state index is -0.777. The highest BCUT2D eigenvalue weighted by atomic mass is 16.6. The van der Waals surface area contributed by atoms with Crippen molar-refractivity contribution in [3.05, 3.63) is 0 Å². The lowest BCUT2D eigenvalue weighted by Gasteiger charge is -2.06. The molecule has 2 N–H and O–H groups in total. The van der Waals surface area contributed by atoms with Crippen molar-refractivity contribution >= 4 is 23.9 Å². The van der Waals surface area contributed by atoms with E-state index in [4.69, 9.17) is 10.2 Å². The maximum absolute atomic E-state index is 10.8. The number of carbonyl (C=O) groups is 4. The van der Waals surface area contributed by atoms with Gasteiger partial charge in [0.05, 0.1) is 38.9 Å². The molecule has 8 nitrogen and oxygen atoms in total. The van der Waals surface area contributed by atoms with Gasteiger partial charge in [-0.05, 0) is 0 Å². The Bertz CT molecular complexity index is 262. The Kier molecular flexibility index (Phi) is 8.33. The van der Waals surface area contributed by atoms with Crippen molar-refractivity contribution < 1.29 is 38.9 Å². The Labute approximate surface area is 102 Å². The fourth-order valence-electron chi connectivity index (χ4n) is 0.866. The van der Waals surface area contributed by atoms with E-state index in [0.717, 1.165) is 0 Å². The highest BCUT2D eigenvalue weighted by Crippen LogP contribution is 2.04. The summed E-state index contributed by atoms with van der Waals surface area (Å²) in [5.41, 5.74) is 0. The summed E-state index contributed by atoms with van der Waals surface area (Å²) in [6.07, 6.45) is -1.01. The van der Waals surface area contributed by atoms with Gasteiger partial charge in [-0.15, -0.1) is 0 Å². The molecule has 0 aromatic carbocycles. The van der Waals surface area contributed by atoms with Crippen molar-refractivity contribution in [3.63, 3.8) is 0 Å². The van der Waals surface area contributed by atoms with E-state index < -0.39 is 23.9 Å². The molecule has 1 rings (SSSR count). The van der Waals surface area contributed by atoms with E-state index in [9.17, 15) is 19.2 Å². The van der Waals surface area contributed by atoms with Crippen molar-refractivity contribution in [1.29, 1.82) is 0 Å². The molecule has 0 unspecified atom stereocenters. The van der Waals surface area contributed by atoms with Gasteiger partial charge in [0, 0.05) is 0 Å². The van der Waals surface area contributed by atoms with Crippen LogP contribution in [0.1, 0.15) is 25.7 Å². The summed E-state index contributed by atoms with van der Waals surface area (Å²) in [6, 6.07) is 0. The smallest absolute Gasteiger partial charge is 0.314 e. The standard InChI is InChI=1S/C8H8O6.C2H6O2/c9-5-1-2-6(10)14-8(12)4-3-7(11)13-5;3-1-2-4/h1-4H2;3-4H,1-2H2. The van der Waals surface area contributed by atoms with Crippen molar-refractivity contribution in [3.8, 4) is 0 Å². The molecule has 1 aliphatic rings. The molecule has 1 fully saturated rings. The minimum absolute atomic E-state index is 0.125. The van der Waals surface area contributed by atoms with Crippen molar-refractivity contribution in [2.45, 2.75) is 25.7 Å². The van der Waals surface area contributed by atoms with Gasteiger partial charge in [-0.3, -0.25) is 19.2 Å². The van der Waals surface area contributed by atoms with Gasteiger partial charge in [0.25, 0.3) is 0 Å². The van der Waals surface area contributed by atoms with Gasteiger partial charge >= 0.3 is 23.9 Å². The molecule has 1 saturated heterocycles. The van der Waals surface area contributed by atoms with Crippen molar-refractivity contribution in [1.82, 2.24) is 0 Å². The molecule has 1 aliphatic heterocycles. The lowest BCUT2D eigenvalue weighted by molar-refractivity contribution is -0.168. The van der Waals surface area contributed by atoms with Gasteiger partial charge in [0.2, 0.25) is 0 Å². The van der Waals surface area contributed by atoms with Crippen LogP contribution in [0.15, 0.2) is 0 Å². The summed E-state index contributed by atoms with van der Waals surface area (Å²) >= 11 is 0. The second-order valence-electron chi connectivity index (χ2n) is 3.14. The zero-order valence-corrected chi connectivity index (χ0v) is 9.59. The highest BCUT2D eigenvalue weighted by molar-refractivity contribution is 5.93. The maximum atomic E-state index is 10.8. The molecule has 0 radical (unpaired) electrons. The Morgan fingerprint density at radius 1 is 0.667 bits per heavy atom. The van der Waals surface area contributed by atoms with Crippen LogP contribution in [0.2, 0.25) is 0 Å². The van der Waals surface area contributed by atoms with Gasteiger partial charge in [0.1, 0.15) is 0 Å². The predicted octanol–water partition coefficient (Wildman–Crippen LogP) is -1.33. The minimum Gasteiger partial charge on any atom is -0.394 e. The maximum Gasteiger partial charge on any atom is 0.314 e. The first-order valence-electron chi connectivity index (χ1n) is 5.18. The van der Waals surface area contributed by atoms with Crippen LogP contribution in [0, 0.1) is 0 Å². The van der Waals surface area contributed by atoms with Crippen molar-refractivity contribution in [2.24, 2.45) is 0 Å². The van der Waals surface area contributed by atoms with Crippen LogP contribution >= 0.6 is 0 Å². The summed E-state index contributed by atoms with van der Waals surface area (Å²) in [7, 11) is 0. The zero-order chi connectivity index (χ0) is 14.0. The largest absolute Gasteiger partial charge is 0.394 e. The van der Waals surface area contributed by atoms with Crippen LogP contribution in [0.5, 0.6) is 0 Å². The summed E-state index contributed by atoms with van der Waals surface area (Å²) in [5, 5.41) is 15.2. The van der Waals surface area contributed by atoms with Crippen LogP contribution in [-0.4, -0.2) is 47.3 Å². The second-order valence-corrected chi connectivity index (χ2v) is 3.14. The van der Waals surface area contributed by atoms with Crippen LogP contribution in [0.4, 0.5) is 0 Å². The van der Waals surface area contributed by atoms with Crippen molar-refractivity contribution in [2.75, 3.05) is 13.2 Å². The molecule has 18 heavy (non-hydrogen) atoms. The van der Waals surface area contributed by atoms with Gasteiger partial charge in [-0.2, -0.15) is 0 Å². The monoisotopic (exact) mass is 262 g/mol. The molecule has 8 heteroatoms. The average Bonchev–Trinajstić information content (AvgIpc) is 2.33. The van der Waals surface area contributed by atoms with Gasteiger partial charge < -0.3 is 19.7 Å². The topological polar surface area (TPSA) is 127 Å². The number of hydrogen-bond acceptors (Lipinski definition) is 8. The normalized spacial score (nSPS) is 17.2. The molecule has 0 aromatic rings. The fourth-order valence-corrected chi connectivity index (χ4v) is 0.866.